The third kappa shape index (κ3) is 2.76. The van der Waals surface area contributed by atoms with E-state index < -0.39 is 0 Å². The van der Waals surface area contributed by atoms with Crippen LogP contribution in [0.15, 0.2) is 36.5 Å². The molecule has 0 saturated heterocycles. The van der Waals surface area contributed by atoms with Crippen LogP contribution in [0.2, 0.25) is 5.02 Å². The van der Waals surface area contributed by atoms with Crippen molar-refractivity contribution in [2.45, 2.75) is 26.3 Å². The number of fused-ring (bicyclic) bond motifs is 3. The molecule has 0 aliphatic carbocycles. The zero-order chi connectivity index (χ0) is 16.7. The van der Waals surface area contributed by atoms with Crippen LogP contribution in [0.4, 0.5) is 0 Å². The molecule has 3 aromatic rings. The van der Waals surface area contributed by atoms with E-state index >= 15 is 0 Å². The third-order valence-electron chi connectivity index (χ3n) is 4.39. The third-order valence-corrected chi connectivity index (χ3v) is 4.64. The monoisotopic (exact) mass is 340 g/mol. The minimum absolute atomic E-state index is 0.125. The topological polar surface area (TPSA) is 50.5 Å². The van der Waals surface area contributed by atoms with E-state index in [1.165, 1.54) is 0 Å². The molecular weight excluding hydrogens is 324 g/mol. The predicted molar refractivity (Wildman–Crippen MR) is 92.0 cm³/mol. The van der Waals surface area contributed by atoms with Gasteiger partial charge in [-0.05, 0) is 24.6 Å². The predicted octanol–water partition coefficient (Wildman–Crippen LogP) is 2.82. The van der Waals surface area contributed by atoms with Crippen molar-refractivity contribution in [2.75, 3.05) is 6.54 Å². The lowest BCUT2D eigenvalue weighted by atomic mass is 10.1. The van der Waals surface area contributed by atoms with Gasteiger partial charge in [0.15, 0.2) is 5.65 Å². The average molecular weight is 341 g/mol. The van der Waals surface area contributed by atoms with Gasteiger partial charge in [0.25, 0.3) is 0 Å². The number of hydrogen-bond acceptors (Lipinski definition) is 3. The zero-order valence-electron chi connectivity index (χ0n) is 13.4. The lowest BCUT2D eigenvalue weighted by Crippen LogP contribution is -2.37. The Balaban J connectivity index is 1.54. The molecule has 0 spiro atoms. The standard InChI is InChI=1S/C18H17ClN4O/c1-12-8-17-20-10-14-11-22(7-6-16(14)23(17)21-12)18(24)9-13-2-4-15(19)5-3-13/h2-5,8,10H,6-7,9,11H2,1H3. The van der Waals surface area contributed by atoms with Crippen LogP contribution in [0.25, 0.3) is 5.65 Å². The first-order valence-corrected chi connectivity index (χ1v) is 8.33. The smallest absolute Gasteiger partial charge is 0.227 e. The summed E-state index contributed by atoms with van der Waals surface area (Å²) in [4.78, 5) is 18.9. The van der Waals surface area contributed by atoms with E-state index in [2.05, 4.69) is 10.1 Å². The molecule has 3 heterocycles. The highest BCUT2D eigenvalue weighted by atomic mass is 35.5. The van der Waals surface area contributed by atoms with E-state index in [9.17, 15) is 4.79 Å². The summed E-state index contributed by atoms with van der Waals surface area (Å²) < 4.78 is 1.91. The first-order chi connectivity index (χ1) is 11.6. The average Bonchev–Trinajstić information content (AvgIpc) is 2.97. The van der Waals surface area contributed by atoms with Gasteiger partial charge in [0.1, 0.15) is 0 Å². The van der Waals surface area contributed by atoms with Gasteiger partial charge >= 0.3 is 0 Å². The van der Waals surface area contributed by atoms with Gasteiger partial charge in [0.05, 0.1) is 17.8 Å². The summed E-state index contributed by atoms with van der Waals surface area (Å²) >= 11 is 5.89. The van der Waals surface area contributed by atoms with Crippen molar-refractivity contribution in [1.82, 2.24) is 19.5 Å². The largest absolute Gasteiger partial charge is 0.338 e. The fourth-order valence-electron chi connectivity index (χ4n) is 3.16. The van der Waals surface area contributed by atoms with Crippen LogP contribution in [0.3, 0.4) is 0 Å². The number of hydrogen-bond donors (Lipinski definition) is 0. The van der Waals surface area contributed by atoms with E-state index in [4.69, 9.17) is 11.6 Å². The van der Waals surface area contributed by atoms with Gasteiger partial charge in [-0.3, -0.25) is 4.79 Å². The molecule has 1 aliphatic heterocycles. The number of carbonyl (C=O) groups is 1. The molecule has 1 aromatic carbocycles. The van der Waals surface area contributed by atoms with Gasteiger partial charge in [-0.1, -0.05) is 23.7 Å². The van der Waals surface area contributed by atoms with Gasteiger partial charge < -0.3 is 4.90 Å². The summed E-state index contributed by atoms with van der Waals surface area (Å²) in [6.07, 6.45) is 3.05. The fourth-order valence-corrected chi connectivity index (χ4v) is 3.28. The molecule has 2 aromatic heterocycles. The number of nitrogens with zero attached hydrogens (tertiary/aromatic N) is 4. The maximum atomic E-state index is 12.6. The highest BCUT2D eigenvalue weighted by Gasteiger charge is 2.23. The molecular formula is C18H17ClN4O. The lowest BCUT2D eigenvalue weighted by Gasteiger charge is -2.28. The minimum Gasteiger partial charge on any atom is -0.338 e. The SMILES string of the molecule is Cc1cc2ncc3c(n2n1)CCN(C(=O)Cc1ccc(Cl)cc1)C3. The number of carbonyl (C=O) groups excluding carboxylic acids is 1. The van der Waals surface area contributed by atoms with Crippen LogP contribution < -0.4 is 0 Å². The second-order valence-corrected chi connectivity index (χ2v) is 6.59. The molecule has 0 N–H and O–H groups in total. The molecule has 4 rings (SSSR count). The van der Waals surface area contributed by atoms with E-state index in [0.29, 0.717) is 24.5 Å². The van der Waals surface area contributed by atoms with Crippen molar-refractivity contribution < 1.29 is 4.79 Å². The van der Waals surface area contributed by atoms with Gasteiger partial charge in [-0.25, -0.2) is 9.50 Å². The first kappa shape index (κ1) is 15.1. The molecule has 1 amide bonds. The van der Waals surface area contributed by atoms with E-state index in [1.807, 2.05) is 52.9 Å². The zero-order valence-corrected chi connectivity index (χ0v) is 14.1. The summed E-state index contributed by atoms with van der Waals surface area (Å²) in [7, 11) is 0. The van der Waals surface area contributed by atoms with Crippen LogP contribution in [-0.2, 0) is 24.2 Å². The molecule has 6 heteroatoms. The van der Waals surface area contributed by atoms with Crippen LogP contribution in [-0.4, -0.2) is 31.9 Å². The second kappa shape index (κ2) is 5.91. The summed E-state index contributed by atoms with van der Waals surface area (Å²) in [6.45, 7) is 3.26. The van der Waals surface area contributed by atoms with Crippen LogP contribution in [0.5, 0.6) is 0 Å². The van der Waals surface area contributed by atoms with Crippen molar-refractivity contribution in [1.29, 1.82) is 0 Å². The Morgan fingerprint density at radius 3 is 2.88 bits per heavy atom. The summed E-state index contributed by atoms with van der Waals surface area (Å²) in [5, 5.41) is 5.19. The Morgan fingerprint density at radius 2 is 2.08 bits per heavy atom. The number of benzene rings is 1. The Hall–Kier alpha value is -2.40. The quantitative estimate of drug-likeness (QED) is 0.720. The molecule has 0 radical (unpaired) electrons. The Labute approximate surface area is 144 Å². The Bertz CT molecular complexity index is 917. The molecule has 1 aliphatic rings. The van der Waals surface area contributed by atoms with Crippen LogP contribution in [0, 0.1) is 6.92 Å². The summed E-state index contributed by atoms with van der Waals surface area (Å²) in [5.41, 5.74) is 5.03. The molecule has 24 heavy (non-hydrogen) atoms. The van der Waals surface area contributed by atoms with Gasteiger partial charge in [0.2, 0.25) is 5.91 Å². The molecule has 0 bridgehead atoms. The number of halogens is 1. The Morgan fingerprint density at radius 1 is 1.29 bits per heavy atom. The van der Waals surface area contributed by atoms with Gasteiger partial charge in [-0.15, -0.1) is 0 Å². The normalized spacial score (nSPS) is 14.0. The molecule has 0 unspecified atom stereocenters. The Kier molecular flexibility index (Phi) is 3.73. The molecule has 5 nitrogen and oxygen atoms in total. The summed E-state index contributed by atoms with van der Waals surface area (Å²) in [6, 6.07) is 9.40. The minimum atomic E-state index is 0.125. The maximum absolute atomic E-state index is 12.6. The van der Waals surface area contributed by atoms with E-state index in [1.54, 1.807) is 0 Å². The van der Waals surface area contributed by atoms with E-state index in [-0.39, 0.29) is 5.91 Å². The molecule has 0 atom stereocenters. The fraction of sp³-hybridized carbons (Fsp3) is 0.278. The number of rotatable bonds is 2. The van der Waals surface area contributed by atoms with Gasteiger partial charge in [0, 0.05) is 42.4 Å². The maximum Gasteiger partial charge on any atom is 0.227 e. The van der Waals surface area contributed by atoms with Crippen LogP contribution in [0.1, 0.15) is 22.5 Å². The number of aromatic nitrogens is 3. The van der Waals surface area contributed by atoms with Crippen LogP contribution >= 0.6 is 11.6 Å². The highest BCUT2D eigenvalue weighted by Crippen LogP contribution is 2.20. The second-order valence-electron chi connectivity index (χ2n) is 6.15. The summed E-state index contributed by atoms with van der Waals surface area (Å²) in [5.74, 6) is 0.125. The van der Waals surface area contributed by atoms with Crippen molar-refractivity contribution >= 4 is 23.2 Å². The lowest BCUT2D eigenvalue weighted by molar-refractivity contribution is -0.131. The number of amides is 1. The van der Waals surface area contributed by atoms with Crippen molar-refractivity contribution in [3.05, 3.63) is 64.1 Å². The first-order valence-electron chi connectivity index (χ1n) is 7.95. The van der Waals surface area contributed by atoms with Gasteiger partial charge in [-0.2, -0.15) is 5.10 Å². The highest BCUT2D eigenvalue weighted by molar-refractivity contribution is 6.30. The van der Waals surface area contributed by atoms with Crippen molar-refractivity contribution in [3.63, 3.8) is 0 Å². The molecule has 0 fully saturated rings. The molecule has 0 saturated carbocycles. The van der Waals surface area contributed by atoms with E-state index in [0.717, 1.165) is 34.6 Å². The number of aryl methyl sites for hydroxylation is 1. The van der Waals surface area contributed by atoms with Crippen molar-refractivity contribution in [3.8, 4) is 0 Å². The molecule has 122 valence electrons. The van der Waals surface area contributed by atoms with Crippen molar-refractivity contribution in [2.24, 2.45) is 0 Å².